The van der Waals surface area contributed by atoms with Gasteiger partial charge in [-0.2, -0.15) is 0 Å². The van der Waals surface area contributed by atoms with Gasteiger partial charge in [-0.1, -0.05) is 78.9 Å². The van der Waals surface area contributed by atoms with Crippen molar-refractivity contribution in [2.24, 2.45) is 0 Å². The quantitative estimate of drug-likeness (QED) is 0.149. The molecule has 0 bridgehead atoms. The zero-order chi connectivity index (χ0) is 37.6. The Bertz CT molecular complexity index is 2240. The van der Waals surface area contributed by atoms with E-state index >= 15 is 0 Å². The smallest absolute Gasteiger partial charge is 0.272 e. The van der Waals surface area contributed by atoms with E-state index in [9.17, 15) is 18.4 Å². The lowest BCUT2D eigenvalue weighted by Gasteiger charge is -2.28. The van der Waals surface area contributed by atoms with Crippen molar-refractivity contribution in [3.63, 3.8) is 0 Å². The standard InChI is InChI=1S/2C21H20FN3O2/c1-15-6-5-9-18(22)17(15)13-24-10-11-25-19(21(24)26)12-20(23-25)27-14-16-7-3-2-4-8-16;1-15-7-8-18(22)11-17(15)13-24-9-10-25-19(21(24)26)12-20(23-25)27-14-16-5-3-2-4-6-16/h2-9,12H,10-11,13-14H2,1H3;2-8,11-12H,9-10,13-14H2,1H3. The highest BCUT2D eigenvalue weighted by atomic mass is 19.1. The fourth-order valence-electron chi connectivity index (χ4n) is 6.41. The summed E-state index contributed by atoms with van der Waals surface area (Å²) < 4.78 is 42.4. The molecule has 2 aromatic heterocycles. The Labute approximate surface area is 312 Å². The summed E-state index contributed by atoms with van der Waals surface area (Å²) in [6, 6.07) is 32.5. The van der Waals surface area contributed by atoms with E-state index in [0.717, 1.165) is 27.8 Å². The first-order valence-corrected chi connectivity index (χ1v) is 17.8. The summed E-state index contributed by atoms with van der Waals surface area (Å²) in [4.78, 5) is 29.0. The number of benzene rings is 4. The van der Waals surface area contributed by atoms with Crippen molar-refractivity contribution < 1.29 is 27.8 Å². The second kappa shape index (κ2) is 16.2. The van der Waals surface area contributed by atoms with E-state index in [1.54, 1.807) is 43.4 Å². The van der Waals surface area contributed by atoms with Crippen LogP contribution in [0.5, 0.6) is 11.8 Å². The molecular formula is C42H40F2N6O4. The van der Waals surface area contributed by atoms with E-state index in [4.69, 9.17) is 9.47 Å². The molecule has 4 aromatic carbocycles. The highest BCUT2D eigenvalue weighted by molar-refractivity contribution is 5.94. The maximum absolute atomic E-state index is 14.1. The number of fused-ring (bicyclic) bond motifs is 2. The highest BCUT2D eigenvalue weighted by Crippen LogP contribution is 2.24. The van der Waals surface area contributed by atoms with Gasteiger partial charge in [0.2, 0.25) is 11.8 Å². The number of amides is 2. The van der Waals surface area contributed by atoms with Crippen LogP contribution in [0.2, 0.25) is 0 Å². The zero-order valence-corrected chi connectivity index (χ0v) is 30.1. The molecule has 8 rings (SSSR count). The van der Waals surface area contributed by atoms with E-state index in [0.29, 0.717) is 74.6 Å². The minimum atomic E-state index is -0.290. The number of hydrogen-bond acceptors (Lipinski definition) is 6. The maximum Gasteiger partial charge on any atom is 0.272 e. The Morgan fingerprint density at radius 2 is 1.13 bits per heavy atom. The van der Waals surface area contributed by atoms with E-state index in [2.05, 4.69) is 10.2 Å². The molecule has 6 aromatic rings. The number of rotatable bonds is 10. The van der Waals surface area contributed by atoms with Crippen LogP contribution in [0.4, 0.5) is 8.78 Å². The molecule has 0 N–H and O–H groups in total. The Morgan fingerprint density at radius 3 is 1.67 bits per heavy atom. The van der Waals surface area contributed by atoms with Gasteiger partial charge in [-0.15, -0.1) is 10.2 Å². The summed E-state index contributed by atoms with van der Waals surface area (Å²) in [5, 5.41) is 8.74. The van der Waals surface area contributed by atoms with Crippen LogP contribution < -0.4 is 9.47 Å². The molecule has 0 saturated carbocycles. The van der Waals surface area contributed by atoms with Crippen molar-refractivity contribution in [2.75, 3.05) is 13.1 Å². The average Bonchev–Trinajstić information content (AvgIpc) is 3.81. The minimum absolute atomic E-state index is 0.119. The van der Waals surface area contributed by atoms with Gasteiger partial charge in [0.15, 0.2) is 0 Å². The first-order chi connectivity index (χ1) is 26.2. The molecule has 0 saturated heterocycles. The summed E-state index contributed by atoms with van der Waals surface area (Å²) >= 11 is 0. The molecule has 12 heteroatoms. The van der Waals surface area contributed by atoms with Crippen LogP contribution in [0.3, 0.4) is 0 Å². The second-order valence-electron chi connectivity index (χ2n) is 13.3. The number of halogens is 2. The zero-order valence-electron chi connectivity index (χ0n) is 30.1. The molecule has 2 amide bonds. The minimum Gasteiger partial charge on any atom is -0.472 e. The number of nitrogens with zero attached hydrogens (tertiary/aromatic N) is 6. The van der Waals surface area contributed by atoms with Crippen LogP contribution in [-0.2, 0) is 39.4 Å². The Morgan fingerprint density at radius 1 is 0.593 bits per heavy atom. The summed E-state index contributed by atoms with van der Waals surface area (Å²) in [7, 11) is 0. The fraction of sp³-hybridized carbons (Fsp3) is 0.238. The third kappa shape index (κ3) is 8.33. The maximum atomic E-state index is 14.1. The molecule has 0 unspecified atom stereocenters. The number of carbonyl (C=O) groups excluding carboxylic acids is 2. The molecule has 0 radical (unpaired) electrons. The van der Waals surface area contributed by atoms with Gasteiger partial charge < -0.3 is 19.3 Å². The first-order valence-electron chi connectivity index (χ1n) is 17.8. The van der Waals surface area contributed by atoms with Crippen molar-refractivity contribution in [1.82, 2.24) is 29.4 Å². The Kier molecular flexibility index (Phi) is 10.8. The number of carbonyl (C=O) groups is 2. The van der Waals surface area contributed by atoms with Crippen LogP contribution in [-0.4, -0.2) is 54.3 Å². The molecule has 2 aliphatic rings. The van der Waals surface area contributed by atoms with Crippen molar-refractivity contribution in [1.29, 1.82) is 0 Å². The largest absolute Gasteiger partial charge is 0.472 e. The first kappa shape index (κ1) is 36.1. The Balaban J connectivity index is 0.000000167. The SMILES string of the molecule is Cc1ccc(F)cc1CN1CCn2nc(OCc3ccccc3)cc2C1=O.Cc1cccc(F)c1CN1CCn2nc(OCc3ccccc3)cc2C1=O. The summed E-state index contributed by atoms with van der Waals surface area (Å²) in [5.41, 5.74) is 6.22. The van der Waals surface area contributed by atoms with E-state index in [1.165, 1.54) is 18.2 Å². The number of hydrogen-bond donors (Lipinski definition) is 0. The average molecular weight is 731 g/mol. The number of aryl methyl sites for hydroxylation is 2. The molecule has 0 spiro atoms. The lowest BCUT2D eigenvalue weighted by molar-refractivity contribution is 0.0675. The monoisotopic (exact) mass is 730 g/mol. The third-order valence-electron chi connectivity index (χ3n) is 9.52. The highest BCUT2D eigenvalue weighted by Gasteiger charge is 2.29. The van der Waals surface area contributed by atoms with Crippen molar-refractivity contribution >= 4 is 11.8 Å². The van der Waals surface area contributed by atoms with Crippen molar-refractivity contribution in [3.05, 3.63) is 166 Å². The predicted octanol–water partition coefficient (Wildman–Crippen LogP) is 7.13. The molecule has 2 aliphatic heterocycles. The molecule has 0 aliphatic carbocycles. The van der Waals surface area contributed by atoms with Crippen molar-refractivity contribution in [2.45, 2.75) is 53.2 Å². The van der Waals surface area contributed by atoms with Crippen LogP contribution in [0.15, 0.2) is 109 Å². The molecular weight excluding hydrogens is 690 g/mol. The molecule has 10 nitrogen and oxygen atoms in total. The van der Waals surface area contributed by atoms with Crippen LogP contribution in [0.25, 0.3) is 0 Å². The summed E-state index contributed by atoms with van der Waals surface area (Å²) in [6.07, 6.45) is 0. The molecule has 276 valence electrons. The van der Waals surface area contributed by atoms with Crippen molar-refractivity contribution in [3.8, 4) is 11.8 Å². The lowest BCUT2D eigenvalue weighted by Crippen LogP contribution is -2.40. The van der Waals surface area contributed by atoms with Gasteiger partial charge in [0, 0.05) is 43.9 Å². The number of aromatic nitrogens is 4. The van der Waals surface area contributed by atoms with E-state index in [1.807, 2.05) is 80.6 Å². The van der Waals surface area contributed by atoms with Crippen LogP contribution >= 0.6 is 0 Å². The molecule has 0 atom stereocenters. The van der Waals surface area contributed by atoms with Gasteiger partial charge in [-0.3, -0.25) is 19.0 Å². The predicted molar refractivity (Wildman–Crippen MR) is 198 cm³/mol. The summed E-state index contributed by atoms with van der Waals surface area (Å²) in [6.45, 7) is 7.36. The van der Waals surface area contributed by atoms with Gasteiger partial charge in [0.05, 0.1) is 13.1 Å². The number of ether oxygens (including phenoxy) is 2. The van der Waals surface area contributed by atoms with Gasteiger partial charge in [0.25, 0.3) is 11.8 Å². The van der Waals surface area contributed by atoms with E-state index in [-0.39, 0.29) is 30.0 Å². The molecule has 4 heterocycles. The normalized spacial score (nSPS) is 13.6. The lowest BCUT2D eigenvalue weighted by atomic mass is 10.1. The third-order valence-corrected chi connectivity index (χ3v) is 9.52. The topological polar surface area (TPSA) is 94.7 Å². The van der Waals surface area contributed by atoms with Gasteiger partial charge in [0.1, 0.15) is 36.2 Å². The van der Waals surface area contributed by atoms with Crippen LogP contribution in [0, 0.1) is 25.5 Å². The second-order valence-corrected chi connectivity index (χ2v) is 13.3. The van der Waals surface area contributed by atoms with Gasteiger partial charge in [-0.25, -0.2) is 8.78 Å². The molecule has 0 fully saturated rings. The van der Waals surface area contributed by atoms with Gasteiger partial charge >= 0.3 is 0 Å². The van der Waals surface area contributed by atoms with Crippen LogP contribution in [0.1, 0.15) is 54.4 Å². The Hall–Kier alpha value is -6.30. The van der Waals surface area contributed by atoms with Gasteiger partial charge in [-0.05, 0) is 59.9 Å². The van der Waals surface area contributed by atoms with E-state index < -0.39 is 0 Å². The molecule has 54 heavy (non-hydrogen) atoms. The summed E-state index contributed by atoms with van der Waals surface area (Å²) in [5.74, 6) is 0.00511. The fourth-order valence-corrected chi connectivity index (χ4v) is 6.41.